The predicted molar refractivity (Wildman–Crippen MR) is 179 cm³/mol. The van der Waals surface area contributed by atoms with E-state index in [-0.39, 0.29) is 18.1 Å². The van der Waals surface area contributed by atoms with E-state index in [2.05, 4.69) is 45.2 Å². The molecule has 1 aliphatic rings. The van der Waals surface area contributed by atoms with Crippen LogP contribution in [0.2, 0.25) is 0 Å². The van der Waals surface area contributed by atoms with Crippen molar-refractivity contribution in [2.45, 2.75) is 200 Å². The van der Waals surface area contributed by atoms with Crippen LogP contribution in [0.3, 0.4) is 0 Å². The Morgan fingerprint density at radius 2 is 1.17 bits per heavy atom. The van der Waals surface area contributed by atoms with Crippen molar-refractivity contribution in [1.82, 2.24) is 5.32 Å². The lowest BCUT2D eigenvalue weighted by Gasteiger charge is -2.40. The van der Waals surface area contributed by atoms with E-state index in [9.17, 15) is 9.90 Å². The van der Waals surface area contributed by atoms with Gasteiger partial charge in [0.1, 0.15) is 12.2 Å². The van der Waals surface area contributed by atoms with Gasteiger partial charge in [-0.25, -0.2) is 0 Å². The van der Waals surface area contributed by atoms with Gasteiger partial charge in [0, 0.05) is 0 Å². The number of hydrogen-bond donors (Lipinski definition) is 2. The van der Waals surface area contributed by atoms with E-state index in [1.165, 1.54) is 109 Å². The van der Waals surface area contributed by atoms with Gasteiger partial charge in [-0.2, -0.15) is 0 Å². The quantitative estimate of drug-likeness (QED) is 0.0773. The molecule has 1 heterocycles. The van der Waals surface area contributed by atoms with E-state index in [0.717, 1.165) is 31.1 Å². The van der Waals surface area contributed by atoms with Crippen LogP contribution in [0, 0.1) is 11.8 Å². The molecule has 1 rings (SSSR count). The Kier molecular flexibility index (Phi) is 22.7. The maximum absolute atomic E-state index is 12.7. The summed E-state index contributed by atoms with van der Waals surface area (Å²) in [6, 6.07) is -0.285. The molecule has 0 aromatic carbocycles. The van der Waals surface area contributed by atoms with Crippen LogP contribution in [0.15, 0.2) is 12.2 Å². The Hall–Kier alpha value is -0.910. The SMILES string of the molecule is CC(C)CCCCCCCCCCC/C=C/[C@H]1OC(C)(C)OC[C@@H]1NC(=O)[C@H](O)CCCCCCCCCCC(C)C. The molecule has 0 aromatic heterocycles. The monoisotopic (exact) mass is 594 g/mol. The van der Waals surface area contributed by atoms with Gasteiger partial charge >= 0.3 is 0 Å². The molecule has 248 valence electrons. The molecule has 1 fully saturated rings. The average Bonchev–Trinajstić information content (AvgIpc) is 2.92. The molecule has 0 unspecified atom stereocenters. The number of rotatable bonds is 26. The zero-order valence-corrected chi connectivity index (χ0v) is 28.8. The minimum absolute atomic E-state index is 0.249. The molecule has 1 saturated heterocycles. The van der Waals surface area contributed by atoms with Crippen molar-refractivity contribution in [3.05, 3.63) is 12.2 Å². The number of aliphatic hydroxyl groups is 1. The number of carbonyl (C=O) groups is 1. The summed E-state index contributed by atoms with van der Waals surface area (Å²) >= 11 is 0. The lowest BCUT2D eigenvalue weighted by Crippen LogP contribution is -2.56. The Bertz CT molecular complexity index is 675. The lowest BCUT2D eigenvalue weighted by molar-refractivity contribution is -0.271. The van der Waals surface area contributed by atoms with Gasteiger partial charge in [0.15, 0.2) is 5.79 Å². The van der Waals surface area contributed by atoms with Gasteiger partial charge in [-0.15, -0.1) is 0 Å². The van der Waals surface area contributed by atoms with Crippen LogP contribution in [0.4, 0.5) is 0 Å². The van der Waals surface area contributed by atoms with Gasteiger partial charge in [0.05, 0.1) is 12.6 Å². The first-order valence-corrected chi connectivity index (χ1v) is 18.1. The highest BCUT2D eigenvalue weighted by Crippen LogP contribution is 2.24. The predicted octanol–water partition coefficient (Wildman–Crippen LogP) is 10.0. The van der Waals surface area contributed by atoms with Crippen molar-refractivity contribution in [3.63, 3.8) is 0 Å². The van der Waals surface area contributed by atoms with Crippen molar-refractivity contribution < 1.29 is 19.4 Å². The highest BCUT2D eigenvalue weighted by molar-refractivity contribution is 5.80. The second-order valence-corrected chi connectivity index (χ2v) is 14.3. The van der Waals surface area contributed by atoms with E-state index in [0.29, 0.717) is 13.0 Å². The average molecular weight is 594 g/mol. The molecule has 0 aromatic rings. The summed E-state index contributed by atoms with van der Waals surface area (Å²) in [7, 11) is 0. The molecule has 42 heavy (non-hydrogen) atoms. The van der Waals surface area contributed by atoms with Crippen LogP contribution in [-0.4, -0.2) is 41.7 Å². The number of nitrogens with one attached hydrogen (secondary N) is 1. The molecule has 0 bridgehead atoms. The summed E-state index contributed by atoms with van der Waals surface area (Å²) in [6.45, 7) is 13.4. The van der Waals surface area contributed by atoms with Crippen molar-refractivity contribution in [2.75, 3.05) is 6.61 Å². The minimum atomic E-state index is -0.972. The summed E-state index contributed by atoms with van der Waals surface area (Å²) in [5.41, 5.74) is 0. The molecule has 2 N–H and O–H groups in total. The first-order valence-electron chi connectivity index (χ1n) is 18.1. The Labute approximate surface area is 261 Å². The largest absolute Gasteiger partial charge is 0.383 e. The molecule has 5 nitrogen and oxygen atoms in total. The molecule has 1 aliphatic heterocycles. The maximum atomic E-state index is 12.7. The zero-order chi connectivity index (χ0) is 31.1. The summed E-state index contributed by atoms with van der Waals surface area (Å²) in [5.74, 6) is 0.664. The Morgan fingerprint density at radius 3 is 1.64 bits per heavy atom. The highest BCUT2D eigenvalue weighted by atomic mass is 16.7. The van der Waals surface area contributed by atoms with Crippen LogP contribution in [-0.2, 0) is 14.3 Å². The summed E-state index contributed by atoms with van der Waals surface area (Å²) in [4.78, 5) is 12.7. The Morgan fingerprint density at radius 1 is 0.738 bits per heavy atom. The fourth-order valence-corrected chi connectivity index (χ4v) is 5.77. The van der Waals surface area contributed by atoms with Crippen molar-refractivity contribution >= 4 is 5.91 Å². The Balaban J connectivity index is 2.20. The highest BCUT2D eigenvalue weighted by Gasteiger charge is 2.36. The lowest BCUT2D eigenvalue weighted by atomic mass is 10.0. The summed E-state index contributed by atoms with van der Waals surface area (Å²) < 4.78 is 12.0. The van der Waals surface area contributed by atoms with Crippen molar-refractivity contribution in [3.8, 4) is 0 Å². The number of carbonyl (C=O) groups excluding carboxylic acids is 1. The molecule has 1 amide bonds. The fraction of sp³-hybridized carbons (Fsp3) is 0.919. The molecule has 5 heteroatoms. The van der Waals surface area contributed by atoms with Gasteiger partial charge in [-0.3, -0.25) is 4.79 Å². The zero-order valence-electron chi connectivity index (χ0n) is 28.8. The van der Waals surface area contributed by atoms with Crippen LogP contribution in [0.5, 0.6) is 0 Å². The molecule has 0 saturated carbocycles. The molecule has 0 spiro atoms. The number of ether oxygens (including phenoxy) is 2. The molecular formula is C37H71NO4. The van der Waals surface area contributed by atoms with Crippen molar-refractivity contribution in [2.24, 2.45) is 11.8 Å². The van der Waals surface area contributed by atoms with Crippen LogP contribution >= 0.6 is 0 Å². The summed E-state index contributed by atoms with van der Waals surface area (Å²) in [5, 5.41) is 13.5. The number of aliphatic hydroxyl groups excluding tert-OH is 1. The van der Waals surface area contributed by atoms with E-state index in [1.54, 1.807) is 0 Å². The smallest absolute Gasteiger partial charge is 0.249 e. The van der Waals surface area contributed by atoms with Gasteiger partial charge in [0.25, 0.3) is 0 Å². The van der Waals surface area contributed by atoms with Crippen LogP contribution < -0.4 is 5.32 Å². The second-order valence-electron chi connectivity index (χ2n) is 14.3. The fourth-order valence-electron chi connectivity index (χ4n) is 5.77. The summed E-state index contributed by atoms with van der Waals surface area (Å²) in [6.07, 6.45) is 29.1. The topological polar surface area (TPSA) is 67.8 Å². The number of unbranched alkanes of at least 4 members (excludes halogenated alkanes) is 16. The first-order chi connectivity index (χ1) is 20.1. The molecule has 3 atom stereocenters. The van der Waals surface area contributed by atoms with Crippen molar-refractivity contribution in [1.29, 1.82) is 0 Å². The first kappa shape index (κ1) is 39.1. The minimum Gasteiger partial charge on any atom is -0.383 e. The van der Waals surface area contributed by atoms with E-state index in [4.69, 9.17) is 9.47 Å². The molecule has 0 radical (unpaired) electrons. The van der Waals surface area contributed by atoms with E-state index in [1.807, 2.05) is 13.8 Å². The maximum Gasteiger partial charge on any atom is 0.249 e. The third-order valence-electron chi connectivity index (χ3n) is 8.54. The molecule has 0 aliphatic carbocycles. The molecular weight excluding hydrogens is 522 g/mol. The van der Waals surface area contributed by atoms with Gasteiger partial charge < -0.3 is 19.9 Å². The normalized spacial score (nSPS) is 19.6. The third-order valence-corrected chi connectivity index (χ3v) is 8.54. The van der Waals surface area contributed by atoms with Gasteiger partial charge in [-0.05, 0) is 44.9 Å². The standard InChI is InChI=1S/C37H71NO4/c1-31(2)26-22-18-14-10-8-7-9-11-17-21-25-29-35-33(30-41-37(5,6)42-35)38-36(40)34(39)28-24-20-16-13-12-15-19-23-27-32(3)4/h25,29,31-35,39H,7-24,26-28,30H2,1-6H3,(H,38,40)/b29-25+/t33-,34+,35+/m0/s1. The van der Waals surface area contributed by atoms with E-state index >= 15 is 0 Å². The van der Waals surface area contributed by atoms with E-state index < -0.39 is 11.9 Å². The third kappa shape index (κ3) is 21.7. The second kappa shape index (κ2) is 24.4. The number of hydrogen-bond acceptors (Lipinski definition) is 4. The van der Waals surface area contributed by atoms with Crippen LogP contribution in [0.25, 0.3) is 0 Å². The van der Waals surface area contributed by atoms with Gasteiger partial charge in [-0.1, -0.05) is 155 Å². The number of amides is 1. The van der Waals surface area contributed by atoms with Crippen LogP contribution in [0.1, 0.15) is 176 Å². The number of allylic oxidation sites excluding steroid dienone is 1. The van der Waals surface area contributed by atoms with Gasteiger partial charge in [0.2, 0.25) is 5.91 Å².